The Kier molecular flexibility index (Phi) is 3.07. The van der Waals surface area contributed by atoms with E-state index in [2.05, 4.69) is 0 Å². The first-order valence-electron chi connectivity index (χ1n) is 3.74. The van der Waals surface area contributed by atoms with E-state index in [-0.39, 0.29) is 0 Å². The standard InChI is InChI=1S/C8H8F4N2/c9-6-4-2-1-3-5(6)7(14-13)8(10,11)12/h1-4,7,14H,13H2. The summed E-state index contributed by atoms with van der Waals surface area (Å²) in [6.07, 6.45) is -4.61. The average molecular weight is 208 g/mol. The molecule has 0 saturated heterocycles. The van der Waals surface area contributed by atoms with Crippen LogP contribution in [0.25, 0.3) is 0 Å². The highest BCUT2D eigenvalue weighted by Crippen LogP contribution is 2.32. The average Bonchev–Trinajstić information content (AvgIpc) is 2.07. The summed E-state index contributed by atoms with van der Waals surface area (Å²) in [5.74, 6) is 3.79. The molecular formula is C8H8F4N2. The minimum atomic E-state index is -4.61. The van der Waals surface area contributed by atoms with Crippen molar-refractivity contribution in [1.29, 1.82) is 0 Å². The van der Waals surface area contributed by atoms with Gasteiger partial charge in [0.05, 0.1) is 0 Å². The summed E-state index contributed by atoms with van der Waals surface area (Å²) < 4.78 is 49.8. The molecule has 78 valence electrons. The van der Waals surface area contributed by atoms with E-state index in [1.165, 1.54) is 17.6 Å². The van der Waals surface area contributed by atoms with Gasteiger partial charge in [0.1, 0.15) is 11.9 Å². The second-order valence-electron chi connectivity index (χ2n) is 2.66. The molecule has 0 aliphatic carbocycles. The zero-order valence-corrected chi connectivity index (χ0v) is 6.98. The Morgan fingerprint density at radius 3 is 2.21 bits per heavy atom. The van der Waals surface area contributed by atoms with Gasteiger partial charge >= 0.3 is 6.18 Å². The van der Waals surface area contributed by atoms with Crippen LogP contribution in [-0.2, 0) is 0 Å². The van der Waals surface area contributed by atoms with Crippen molar-refractivity contribution in [2.75, 3.05) is 0 Å². The van der Waals surface area contributed by atoms with Crippen molar-refractivity contribution < 1.29 is 17.6 Å². The zero-order valence-electron chi connectivity index (χ0n) is 6.98. The van der Waals surface area contributed by atoms with Crippen LogP contribution < -0.4 is 11.3 Å². The number of nitrogens with two attached hydrogens (primary N) is 1. The van der Waals surface area contributed by atoms with Crippen LogP contribution >= 0.6 is 0 Å². The Morgan fingerprint density at radius 2 is 1.79 bits per heavy atom. The number of nitrogens with one attached hydrogen (secondary N) is 1. The van der Waals surface area contributed by atoms with Crippen LogP contribution in [0.4, 0.5) is 17.6 Å². The highest BCUT2D eigenvalue weighted by Gasteiger charge is 2.41. The lowest BCUT2D eigenvalue weighted by Gasteiger charge is -2.19. The second kappa shape index (κ2) is 3.93. The highest BCUT2D eigenvalue weighted by molar-refractivity contribution is 5.22. The molecule has 1 unspecified atom stereocenters. The van der Waals surface area contributed by atoms with Crippen molar-refractivity contribution >= 4 is 0 Å². The SMILES string of the molecule is NNC(c1ccccc1F)C(F)(F)F. The van der Waals surface area contributed by atoms with E-state index in [0.29, 0.717) is 0 Å². The summed E-state index contributed by atoms with van der Waals surface area (Å²) in [7, 11) is 0. The summed E-state index contributed by atoms with van der Waals surface area (Å²) in [5, 5.41) is 0. The van der Waals surface area contributed by atoms with Gasteiger partial charge in [0.15, 0.2) is 0 Å². The predicted molar refractivity (Wildman–Crippen MR) is 42.5 cm³/mol. The zero-order chi connectivity index (χ0) is 10.8. The van der Waals surface area contributed by atoms with Crippen molar-refractivity contribution in [3.05, 3.63) is 35.6 Å². The van der Waals surface area contributed by atoms with Crippen molar-refractivity contribution in [3.63, 3.8) is 0 Å². The Hall–Kier alpha value is -1.14. The molecular weight excluding hydrogens is 200 g/mol. The summed E-state index contributed by atoms with van der Waals surface area (Å²) >= 11 is 0. The Bertz CT molecular complexity index is 310. The number of alkyl halides is 3. The molecule has 6 heteroatoms. The number of hydrogen-bond acceptors (Lipinski definition) is 2. The Balaban J connectivity index is 3.08. The van der Waals surface area contributed by atoms with Crippen LogP contribution in [-0.4, -0.2) is 6.18 Å². The molecule has 2 nitrogen and oxygen atoms in total. The Labute approximate surface area is 77.7 Å². The molecule has 14 heavy (non-hydrogen) atoms. The maximum atomic E-state index is 13.0. The maximum absolute atomic E-state index is 13.0. The van der Waals surface area contributed by atoms with Crippen LogP contribution in [0.5, 0.6) is 0 Å². The Morgan fingerprint density at radius 1 is 1.21 bits per heavy atom. The van der Waals surface area contributed by atoms with Crippen molar-refractivity contribution in [2.24, 2.45) is 5.84 Å². The van der Waals surface area contributed by atoms with Crippen LogP contribution in [0.2, 0.25) is 0 Å². The van der Waals surface area contributed by atoms with E-state index in [4.69, 9.17) is 5.84 Å². The van der Waals surface area contributed by atoms with E-state index in [0.717, 1.165) is 12.1 Å². The van der Waals surface area contributed by atoms with Crippen molar-refractivity contribution in [3.8, 4) is 0 Å². The topological polar surface area (TPSA) is 38.0 Å². The minimum absolute atomic E-state index is 0.512. The van der Waals surface area contributed by atoms with Gasteiger partial charge in [0.2, 0.25) is 0 Å². The fourth-order valence-corrected chi connectivity index (χ4v) is 1.07. The van der Waals surface area contributed by atoms with Gasteiger partial charge in [0, 0.05) is 5.56 Å². The van der Waals surface area contributed by atoms with E-state index < -0.39 is 23.6 Å². The number of halogens is 4. The summed E-state index contributed by atoms with van der Waals surface area (Å²) in [4.78, 5) is 0. The molecule has 0 aliphatic rings. The van der Waals surface area contributed by atoms with Crippen molar-refractivity contribution in [1.82, 2.24) is 5.43 Å². The molecule has 0 saturated carbocycles. The monoisotopic (exact) mass is 208 g/mol. The minimum Gasteiger partial charge on any atom is -0.271 e. The lowest BCUT2D eigenvalue weighted by molar-refractivity contribution is -0.158. The summed E-state index contributed by atoms with van der Waals surface area (Å²) in [6, 6.07) is 2.43. The van der Waals surface area contributed by atoms with Crippen molar-refractivity contribution in [2.45, 2.75) is 12.2 Å². The van der Waals surface area contributed by atoms with Gasteiger partial charge in [-0.25, -0.2) is 9.82 Å². The van der Waals surface area contributed by atoms with Gasteiger partial charge in [-0.1, -0.05) is 18.2 Å². The number of rotatable bonds is 2. The largest absolute Gasteiger partial charge is 0.409 e. The van der Waals surface area contributed by atoms with Crippen LogP contribution in [0.15, 0.2) is 24.3 Å². The predicted octanol–water partition coefficient (Wildman–Crippen LogP) is 1.89. The van der Waals surface area contributed by atoms with Gasteiger partial charge in [-0.2, -0.15) is 13.2 Å². The van der Waals surface area contributed by atoms with Crippen LogP contribution in [0.1, 0.15) is 11.6 Å². The van der Waals surface area contributed by atoms with E-state index >= 15 is 0 Å². The quantitative estimate of drug-likeness (QED) is 0.442. The summed E-state index contributed by atoms with van der Waals surface area (Å²) in [5.41, 5.74) is 1.02. The molecule has 1 atom stereocenters. The fourth-order valence-electron chi connectivity index (χ4n) is 1.07. The third kappa shape index (κ3) is 2.21. The normalized spacial score (nSPS) is 14.1. The third-order valence-corrected chi connectivity index (χ3v) is 1.71. The number of hydrazine groups is 1. The maximum Gasteiger partial charge on any atom is 0.409 e. The van der Waals surface area contributed by atoms with Gasteiger partial charge in [-0.3, -0.25) is 5.84 Å². The first-order valence-corrected chi connectivity index (χ1v) is 3.74. The lowest BCUT2D eigenvalue weighted by Crippen LogP contribution is -2.38. The smallest absolute Gasteiger partial charge is 0.271 e. The highest BCUT2D eigenvalue weighted by atomic mass is 19.4. The van der Waals surface area contributed by atoms with Gasteiger partial charge in [-0.15, -0.1) is 0 Å². The van der Waals surface area contributed by atoms with E-state index in [1.54, 1.807) is 0 Å². The molecule has 0 aliphatic heterocycles. The molecule has 0 bridgehead atoms. The van der Waals surface area contributed by atoms with Gasteiger partial charge in [0.25, 0.3) is 0 Å². The molecule has 0 heterocycles. The molecule has 1 aromatic rings. The van der Waals surface area contributed by atoms with Crippen LogP contribution in [0.3, 0.4) is 0 Å². The molecule has 0 spiro atoms. The first kappa shape index (κ1) is 10.9. The molecule has 0 amide bonds. The third-order valence-electron chi connectivity index (χ3n) is 1.71. The molecule has 1 rings (SSSR count). The molecule has 0 radical (unpaired) electrons. The molecule has 0 aromatic heterocycles. The van der Waals surface area contributed by atoms with E-state index in [9.17, 15) is 17.6 Å². The number of benzene rings is 1. The lowest BCUT2D eigenvalue weighted by atomic mass is 10.1. The number of hydrogen-bond donors (Lipinski definition) is 2. The van der Waals surface area contributed by atoms with Crippen LogP contribution in [0, 0.1) is 5.82 Å². The van der Waals surface area contributed by atoms with Gasteiger partial charge < -0.3 is 0 Å². The fraction of sp³-hybridized carbons (Fsp3) is 0.250. The molecule has 3 N–H and O–H groups in total. The van der Waals surface area contributed by atoms with Gasteiger partial charge in [-0.05, 0) is 6.07 Å². The second-order valence-corrected chi connectivity index (χ2v) is 2.66. The van der Waals surface area contributed by atoms with E-state index in [1.807, 2.05) is 0 Å². The summed E-state index contributed by atoms with van der Waals surface area (Å²) in [6.45, 7) is 0. The first-order chi connectivity index (χ1) is 6.46. The molecule has 1 aromatic carbocycles. The molecule has 0 fully saturated rings.